The van der Waals surface area contributed by atoms with Crippen LogP contribution in [0.3, 0.4) is 0 Å². The molecular weight excluding hydrogens is 298 g/mol. The van der Waals surface area contributed by atoms with Gasteiger partial charge in [-0.3, -0.25) is 10.6 Å². The summed E-state index contributed by atoms with van der Waals surface area (Å²) in [6.45, 7) is 0.550. The van der Waals surface area contributed by atoms with Gasteiger partial charge in [-0.15, -0.1) is 0 Å². The predicted molar refractivity (Wildman–Crippen MR) is 101 cm³/mol. The number of rotatable bonds is 5. The van der Waals surface area contributed by atoms with E-state index < -0.39 is 5.79 Å². The number of fused-ring (bicyclic) bond motifs is 1. The lowest BCUT2D eigenvalue weighted by Gasteiger charge is -2.37. The van der Waals surface area contributed by atoms with Crippen LogP contribution in [-0.4, -0.2) is 26.9 Å². The summed E-state index contributed by atoms with van der Waals surface area (Å²) in [6.07, 6.45) is 2.12. The predicted octanol–water partition coefficient (Wildman–Crippen LogP) is 1.89. The molecule has 2 aromatic rings. The lowest BCUT2D eigenvalue weighted by Crippen LogP contribution is -2.60. The smallest absolute Gasteiger partial charge is 0.165 e. The van der Waals surface area contributed by atoms with E-state index in [0.29, 0.717) is 6.54 Å². The molecule has 0 saturated heterocycles. The molecule has 0 amide bonds. The molecule has 6 N–H and O–H groups in total. The molecular formula is C19H25N5. The van der Waals surface area contributed by atoms with E-state index in [9.17, 15) is 0 Å². The first-order chi connectivity index (χ1) is 11.6. The number of nitrogens with one attached hydrogen (secondary N) is 4. The van der Waals surface area contributed by atoms with Gasteiger partial charge in [-0.25, -0.2) is 0 Å². The molecule has 0 atom stereocenters. The molecule has 126 valence electrons. The monoisotopic (exact) mass is 323 g/mol. The average Bonchev–Trinajstić information content (AvgIpc) is 2.66. The Hall–Kier alpha value is -2.34. The number of hydrogen-bond donors (Lipinski definition) is 5. The third-order valence-electron chi connectivity index (χ3n) is 4.56. The Balaban J connectivity index is 2.06. The van der Waals surface area contributed by atoms with Crippen LogP contribution in [0.15, 0.2) is 48.5 Å². The van der Waals surface area contributed by atoms with Crippen molar-refractivity contribution < 1.29 is 0 Å². The summed E-state index contributed by atoms with van der Waals surface area (Å²) in [7, 11) is 5.79. The zero-order valence-electron chi connectivity index (χ0n) is 14.4. The normalized spacial score (nSPS) is 15.2. The van der Waals surface area contributed by atoms with E-state index in [-0.39, 0.29) is 0 Å². The highest BCUT2D eigenvalue weighted by Gasteiger charge is 2.29. The largest absolute Gasteiger partial charge is 0.388 e. The highest BCUT2D eigenvalue weighted by atomic mass is 15.3. The lowest BCUT2D eigenvalue weighted by molar-refractivity contribution is 0.424. The van der Waals surface area contributed by atoms with Crippen LogP contribution in [0.5, 0.6) is 0 Å². The van der Waals surface area contributed by atoms with Crippen LogP contribution >= 0.6 is 0 Å². The van der Waals surface area contributed by atoms with E-state index in [1.165, 1.54) is 11.1 Å². The second kappa shape index (κ2) is 6.65. The van der Waals surface area contributed by atoms with E-state index in [4.69, 9.17) is 5.73 Å². The summed E-state index contributed by atoms with van der Waals surface area (Å²) in [4.78, 5) is 0. The van der Waals surface area contributed by atoms with E-state index in [1.807, 2.05) is 21.1 Å². The Labute approximate surface area is 143 Å². The highest BCUT2D eigenvalue weighted by molar-refractivity contribution is 5.83. The van der Waals surface area contributed by atoms with Crippen LogP contribution in [0.2, 0.25) is 0 Å². The minimum atomic E-state index is -0.466. The molecule has 0 aliphatic carbocycles. The fourth-order valence-corrected chi connectivity index (χ4v) is 3.08. The Kier molecular flexibility index (Phi) is 4.57. The Morgan fingerprint density at radius 1 is 1.00 bits per heavy atom. The standard InChI is InChI=1S/C19H25N5/c1-21-18-11-19(22-2,23-3)24-17-8-7-15(10-16(17)18)14-6-4-5-13(9-14)12-20/h4-11,21-24H,12,20H2,1-3H3. The topological polar surface area (TPSA) is 74.1 Å². The van der Waals surface area contributed by atoms with Crippen molar-refractivity contribution in [1.82, 2.24) is 16.0 Å². The summed E-state index contributed by atoms with van der Waals surface area (Å²) < 4.78 is 0. The van der Waals surface area contributed by atoms with Crippen molar-refractivity contribution >= 4 is 11.4 Å². The van der Waals surface area contributed by atoms with Crippen molar-refractivity contribution in [2.75, 3.05) is 26.5 Å². The molecule has 5 heteroatoms. The molecule has 0 aromatic heterocycles. The summed E-state index contributed by atoms with van der Waals surface area (Å²) in [6, 6.07) is 14.8. The van der Waals surface area contributed by atoms with Gasteiger partial charge in [0.1, 0.15) is 0 Å². The summed E-state index contributed by atoms with van der Waals surface area (Å²) >= 11 is 0. The molecule has 0 saturated carbocycles. The third-order valence-corrected chi connectivity index (χ3v) is 4.56. The SMILES string of the molecule is CNC1=CC(NC)(NC)Nc2ccc(-c3cccc(CN)c3)cc21. The zero-order chi connectivity index (χ0) is 17.2. The fraction of sp³-hybridized carbons (Fsp3) is 0.263. The van der Waals surface area contributed by atoms with Crippen molar-refractivity contribution in [3.05, 3.63) is 59.7 Å². The van der Waals surface area contributed by atoms with Crippen LogP contribution in [0.25, 0.3) is 16.8 Å². The van der Waals surface area contributed by atoms with Crippen LogP contribution in [0.4, 0.5) is 5.69 Å². The first-order valence-electron chi connectivity index (χ1n) is 8.15. The van der Waals surface area contributed by atoms with E-state index in [1.54, 1.807) is 0 Å². The summed E-state index contributed by atoms with van der Waals surface area (Å²) in [5.41, 5.74) is 12.5. The van der Waals surface area contributed by atoms with Gasteiger partial charge < -0.3 is 16.4 Å². The van der Waals surface area contributed by atoms with Crippen molar-refractivity contribution in [2.24, 2.45) is 5.73 Å². The quantitative estimate of drug-likeness (QED) is 0.544. The minimum Gasteiger partial charge on any atom is -0.388 e. The number of nitrogens with two attached hydrogens (primary N) is 1. The second-order valence-electron chi connectivity index (χ2n) is 5.91. The van der Waals surface area contributed by atoms with Crippen LogP contribution in [0.1, 0.15) is 11.1 Å². The molecule has 1 aliphatic heterocycles. The van der Waals surface area contributed by atoms with E-state index in [0.717, 1.165) is 22.5 Å². The maximum Gasteiger partial charge on any atom is 0.165 e. The van der Waals surface area contributed by atoms with Gasteiger partial charge in [0.25, 0.3) is 0 Å². The number of anilines is 1. The molecule has 24 heavy (non-hydrogen) atoms. The van der Waals surface area contributed by atoms with Gasteiger partial charge in [-0.2, -0.15) is 0 Å². The average molecular weight is 323 g/mol. The van der Waals surface area contributed by atoms with Crippen LogP contribution in [0, 0.1) is 0 Å². The number of likely N-dealkylation sites (N-methyl/N-ethyl adjacent to an activating group) is 2. The zero-order valence-corrected chi connectivity index (χ0v) is 14.4. The van der Waals surface area contributed by atoms with Crippen molar-refractivity contribution in [1.29, 1.82) is 0 Å². The van der Waals surface area contributed by atoms with Crippen molar-refractivity contribution in [3.8, 4) is 11.1 Å². The molecule has 3 rings (SSSR count). The first kappa shape index (κ1) is 16.5. The second-order valence-corrected chi connectivity index (χ2v) is 5.91. The Morgan fingerprint density at radius 2 is 1.75 bits per heavy atom. The maximum absolute atomic E-state index is 5.77. The van der Waals surface area contributed by atoms with Gasteiger partial charge in [0.2, 0.25) is 0 Å². The number of benzene rings is 2. The summed E-state index contributed by atoms with van der Waals surface area (Å²) in [5, 5.41) is 13.4. The summed E-state index contributed by atoms with van der Waals surface area (Å²) in [5.74, 6) is -0.466. The van der Waals surface area contributed by atoms with Gasteiger partial charge in [-0.1, -0.05) is 24.3 Å². The lowest BCUT2D eigenvalue weighted by atomic mass is 9.96. The minimum absolute atomic E-state index is 0.466. The third kappa shape index (κ3) is 2.89. The number of hydrogen-bond acceptors (Lipinski definition) is 5. The van der Waals surface area contributed by atoms with E-state index >= 15 is 0 Å². The van der Waals surface area contributed by atoms with Crippen LogP contribution < -0.4 is 27.0 Å². The Morgan fingerprint density at radius 3 is 2.42 bits per heavy atom. The van der Waals surface area contributed by atoms with Gasteiger partial charge in [0.05, 0.1) is 0 Å². The molecule has 2 aromatic carbocycles. The molecule has 0 unspecified atom stereocenters. The molecule has 0 spiro atoms. The van der Waals surface area contributed by atoms with Crippen LogP contribution in [-0.2, 0) is 6.54 Å². The fourth-order valence-electron chi connectivity index (χ4n) is 3.08. The first-order valence-corrected chi connectivity index (χ1v) is 8.15. The molecule has 0 bridgehead atoms. The van der Waals surface area contributed by atoms with Crippen molar-refractivity contribution in [3.63, 3.8) is 0 Å². The van der Waals surface area contributed by atoms with Gasteiger partial charge >= 0.3 is 0 Å². The molecule has 0 fully saturated rings. The highest BCUT2D eigenvalue weighted by Crippen LogP contribution is 2.34. The molecule has 1 aliphatic rings. The van der Waals surface area contributed by atoms with E-state index in [2.05, 4.69) is 69.8 Å². The van der Waals surface area contributed by atoms with Crippen molar-refractivity contribution in [2.45, 2.75) is 12.3 Å². The maximum atomic E-state index is 5.77. The molecule has 0 radical (unpaired) electrons. The molecule has 5 nitrogen and oxygen atoms in total. The van der Waals surface area contributed by atoms with Gasteiger partial charge in [0.15, 0.2) is 5.79 Å². The molecule has 1 heterocycles. The van der Waals surface area contributed by atoms with Gasteiger partial charge in [0, 0.05) is 30.5 Å². The van der Waals surface area contributed by atoms with Gasteiger partial charge in [-0.05, 0) is 55.1 Å². The Bertz CT molecular complexity index is 762.